The zero-order valence-electron chi connectivity index (χ0n) is 19.9. The lowest BCUT2D eigenvalue weighted by Gasteiger charge is -2.24. The van der Waals surface area contributed by atoms with Crippen LogP contribution in [0.4, 0.5) is 0 Å². The third kappa shape index (κ3) is 4.38. The summed E-state index contributed by atoms with van der Waals surface area (Å²) in [6.07, 6.45) is 13.9. The van der Waals surface area contributed by atoms with Gasteiger partial charge in [-0.25, -0.2) is 9.97 Å². The highest BCUT2D eigenvalue weighted by Gasteiger charge is 2.38. The quantitative estimate of drug-likeness (QED) is 0.220. The van der Waals surface area contributed by atoms with Crippen LogP contribution in [0.1, 0.15) is 16.8 Å². The number of rotatable bonds is 8. The number of benzene rings is 1. The number of hydrogen-bond donors (Lipinski definition) is 0. The molecule has 0 fully saturated rings. The minimum Gasteiger partial charge on any atom is -0.356 e. The Labute approximate surface area is 203 Å². The van der Waals surface area contributed by atoms with Crippen LogP contribution in [0.25, 0.3) is 22.3 Å². The Bertz CT molecular complexity index is 1300. The van der Waals surface area contributed by atoms with Gasteiger partial charge in [-0.15, -0.1) is 0 Å². The molecule has 0 amide bonds. The number of ether oxygens (including phenoxy) is 1. The molecule has 34 heavy (non-hydrogen) atoms. The topological polar surface area (TPSA) is 65.2 Å². The van der Waals surface area contributed by atoms with E-state index in [9.17, 15) is 0 Å². The summed E-state index contributed by atoms with van der Waals surface area (Å²) in [5.74, 6) is 1.08. The molecule has 174 valence electrons. The van der Waals surface area contributed by atoms with Crippen LogP contribution in [-0.2, 0) is 40.6 Å². The largest absolute Gasteiger partial charge is 0.356 e. The first kappa shape index (κ1) is 22.7. The lowest BCUT2D eigenvalue weighted by atomic mass is 9.81. The van der Waals surface area contributed by atoms with Gasteiger partial charge in [0.05, 0.1) is 35.9 Å². The predicted molar refractivity (Wildman–Crippen MR) is 141 cm³/mol. The summed E-state index contributed by atoms with van der Waals surface area (Å²) in [5.41, 5.74) is 6.36. The van der Waals surface area contributed by atoms with Gasteiger partial charge in [0, 0.05) is 36.6 Å². The molecule has 0 unspecified atom stereocenters. The van der Waals surface area contributed by atoms with E-state index in [1.807, 2.05) is 30.1 Å². The van der Waals surface area contributed by atoms with Crippen LogP contribution in [0.3, 0.4) is 0 Å². The standard InChI is InChI=1S/C27H30N5OS/c1-28-17-27(15-21-6-4-5-7-22(21)16-27)24-14-20(8-10-29-24)25-23-9-11-32(26(23)31-18-30-25)19-33-12-13-34(2)3/h4-11,14,17-18H,12-13,15-16,19H2,1-3H3/q+1. The van der Waals surface area contributed by atoms with E-state index in [4.69, 9.17) is 9.72 Å². The Hall–Kier alpha value is -3.03. The summed E-state index contributed by atoms with van der Waals surface area (Å²) in [6, 6.07) is 14.9. The van der Waals surface area contributed by atoms with Crippen LogP contribution in [0.5, 0.6) is 0 Å². The van der Waals surface area contributed by atoms with Crippen molar-refractivity contribution in [3.05, 3.63) is 78.0 Å². The van der Waals surface area contributed by atoms with Crippen molar-refractivity contribution in [3.63, 3.8) is 0 Å². The highest BCUT2D eigenvalue weighted by molar-refractivity contribution is 7.95. The van der Waals surface area contributed by atoms with Gasteiger partial charge >= 0.3 is 0 Å². The molecule has 1 aliphatic rings. The van der Waals surface area contributed by atoms with E-state index in [2.05, 4.69) is 70.1 Å². The van der Waals surface area contributed by atoms with Crippen molar-refractivity contribution in [2.45, 2.75) is 25.0 Å². The molecule has 0 saturated heterocycles. The number of fused-ring (bicyclic) bond motifs is 2. The molecule has 7 heteroatoms. The minimum absolute atomic E-state index is 0.239. The zero-order chi connectivity index (χ0) is 23.5. The van der Waals surface area contributed by atoms with E-state index in [1.54, 1.807) is 6.33 Å². The molecule has 3 aromatic heterocycles. The Morgan fingerprint density at radius 2 is 1.88 bits per heavy atom. The fourth-order valence-electron chi connectivity index (χ4n) is 4.81. The van der Waals surface area contributed by atoms with E-state index < -0.39 is 0 Å². The van der Waals surface area contributed by atoms with Crippen molar-refractivity contribution >= 4 is 28.1 Å². The molecule has 0 radical (unpaired) electrons. The van der Waals surface area contributed by atoms with Gasteiger partial charge in [-0.2, -0.15) is 0 Å². The van der Waals surface area contributed by atoms with Gasteiger partial charge in [0.1, 0.15) is 24.5 Å². The smallest absolute Gasteiger partial charge is 0.145 e. The van der Waals surface area contributed by atoms with Gasteiger partial charge in [-0.1, -0.05) is 24.3 Å². The third-order valence-corrected chi connectivity index (χ3v) is 7.46. The van der Waals surface area contributed by atoms with Crippen molar-refractivity contribution in [2.24, 2.45) is 4.99 Å². The number of aliphatic imine (C=N–C) groups is 1. The first-order chi connectivity index (χ1) is 16.6. The summed E-state index contributed by atoms with van der Waals surface area (Å²) >= 11 is 0. The average molecular weight is 473 g/mol. The lowest BCUT2D eigenvalue weighted by Crippen LogP contribution is -2.30. The molecular formula is C27H30N5OS+. The summed E-state index contributed by atoms with van der Waals surface area (Å²) in [6.45, 7) is 1.25. The van der Waals surface area contributed by atoms with Crippen molar-refractivity contribution in [2.75, 3.05) is 31.9 Å². The normalized spacial score (nSPS) is 14.9. The second kappa shape index (κ2) is 9.68. The van der Waals surface area contributed by atoms with Gasteiger partial charge in [-0.05, 0) is 53.1 Å². The molecule has 6 nitrogen and oxygen atoms in total. The summed E-state index contributed by atoms with van der Waals surface area (Å²) < 4.78 is 7.93. The van der Waals surface area contributed by atoms with Crippen molar-refractivity contribution in [3.8, 4) is 11.3 Å². The molecular weight excluding hydrogens is 442 g/mol. The SMILES string of the molecule is CN=CC1(c2cc(-c3ncnc4c3ccn4COCC[S+](C)C)ccn2)Cc2ccccc2C1. The molecule has 0 aliphatic heterocycles. The number of hydrogen-bond acceptors (Lipinski definition) is 5. The molecule has 1 aromatic carbocycles. The molecule has 0 spiro atoms. The Morgan fingerprint density at radius 1 is 1.09 bits per heavy atom. The van der Waals surface area contributed by atoms with Crippen LogP contribution < -0.4 is 0 Å². The summed E-state index contributed by atoms with van der Waals surface area (Å²) in [4.78, 5) is 18.5. The fraction of sp³-hybridized carbons (Fsp3) is 0.333. The summed E-state index contributed by atoms with van der Waals surface area (Å²) in [5, 5.41) is 1.02. The maximum atomic E-state index is 5.88. The molecule has 4 aromatic rings. The minimum atomic E-state index is -0.239. The molecule has 0 atom stereocenters. The number of pyridine rings is 1. The van der Waals surface area contributed by atoms with Crippen LogP contribution in [0, 0.1) is 0 Å². The molecule has 0 bridgehead atoms. The maximum Gasteiger partial charge on any atom is 0.145 e. The van der Waals surface area contributed by atoms with Crippen LogP contribution in [0.15, 0.2) is 66.2 Å². The second-order valence-electron chi connectivity index (χ2n) is 9.07. The molecule has 0 N–H and O–H groups in total. The maximum absolute atomic E-state index is 5.88. The van der Waals surface area contributed by atoms with Gasteiger partial charge in [0.2, 0.25) is 0 Å². The molecule has 0 saturated carbocycles. The highest BCUT2D eigenvalue weighted by atomic mass is 32.2. The Balaban J connectivity index is 1.47. The Morgan fingerprint density at radius 3 is 2.62 bits per heavy atom. The van der Waals surface area contributed by atoms with E-state index in [0.717, 1.165) is 53.2 Å². The van der Waals surface area contributed by atoms with Crippen molar-refractivity contribution < 1.29 is 4.74 Å². The van der Waals surface area contributed by atoms with Gasteiger partial charge < -0.3 is 9.30 Å². The first-order valence-electron chi connectivity index (χ1n) is 11.5. The third-order valence-electron chi connectivity index (χ3n) is 6.47. The average Bonchev–Trinajstić information content (AvgIpc) is 3.44. The van der Waals surface area contributed by atoms with E-state index in [1.165, 1.54) is 11.1 Å². The fourth-order valence-corrected chi connectivity index (χ4v) is 5.26. The van der Waals surface area contributed by atoms with E-state index in [0.29, 0.717) is 17.6 Å². The predicted octanol–water partition coefficient (Wildman–Crippen LogP) is 4.08. The number of aromatic nitrogens is 4. The Kier molecular flexibility index (Phi) is 6.48. The van der Waals surface area contributed by atoms with Crippen molar-refractivity contribution in [1.29, 1.82) is 0 Å². The van der Waals surface area contributed by atoms with Gasteiger partial charge in [-0.3, -0.25) is 9.98 Å². The monoisotopic (exact) mass is 472 g/mol. The molecule has 3 heterocycles. The lowest BCUT2D eigenvalue weighted by molar-refractivity contribution is 0.0924. The summed E-state index contributed by atoms with van der Waals surface area (Å²) in [7, 11) is 2.23. The van der Waals surface area contributed by atoms with Crippen LogP contribution in [-0.4, -0.2) is 57.7 Å². The first-order valence-corrected chi connectivity index (χ1v) is 13.7. The van der Waals surface area contributed by atoms with E-state index in [-0.39, 0.29) is 5.41 Å². The zero-order valence-corrected chi connectivity index (χ0v) is 20.8. The second-order valence-corrected chi connectivity index (χ2v) is 11.4. The van der Waals surface area contributed by atoms with Gasteiger partial charge in [0.15, 0.2) is 0 Å². The highest BCUT2D eigenvalue weighted by Crippen LogP contribution is 2.39. The van der Waals surface area contributed by atoms with Crippen molar-refractivity contribution in [1.82, 2.24) is 19.5 Å². The van der Waals surface area contributed by atoms with Crippen LogP contribution >= 0.6 is 0 Å². The number of nitrogens with zero attached hydrogens (tertiary/aromatic N) is 5. The van der Waals surface area contributed by atoms with E-state index >= 15 is 0 Å². The van der Waals surface area contributed by atoms with Gasteiger partial charge in [0.25, 0.3) is 0 Å². The molecule has 5 rings (SSSR count). The molecule has 1 aliphatic carbocycles. The van der Waals surface area contributed by atoms with Crippen LogP contribution in [0.2, 0.25) is 0 Å².